The topological polar surface area (TPSA) is 104 Å². The summed E-state index contributed by atoms with van der Waals surface area (Å²) in [6.07, 6.45) is 0.139. The highest BCUT2D eigenvalue weighted by atomic mass is 32.2. The van der Waals surface area contributed by atoms with Crippen LogP contribution in [0.4, 0.5) is 5.69 Å². The van der Waals surface area contributed by atoms with E-state index in [4.69, 9.17) is 0 Å². The average molecular weight is 438 g/mol. The Morgan fingerprint density at radius 3 is 2.13 bits per heavy atom. The van der Waals surface area contributed by atoms with E-state index in [1.165, 1.54) is 24.3 Å². The fourth-order valence-corrected chi connectivity index (χ4v) is 3.95. The molecule has 3 aromatic rings. The zero-order chi connectivity index (χ0) is 22.4. The van der Waals surface area contributed by atoms with E-state index in [0.29, 0.717) is 5.69 Å². The summed E-state index contributed by atoms with van der Waals surface area (Å²) >= 11 is 0. The van der Waals surface area contributed by atoms with Gasteiger partial charge >= 0.3 is 0 Å². The van der Waals surface area contributed by atoms with Crippen molar-refractivity contribution in [2.45, 2.75) is 25.2 Å². The van der Waals surface area contributed by atoms with Gasteiger partial charge in [-0.3, -0.25) is 25.2 Å². The Kier molecular flexibility index (Phi) is 6.71. The Hall–Kier alpha value is -3.65. The lowest BCUT2D eigenvalue weighted by Gasteiger charge is -2.11. The highest BCUT2D eigenvalue weighted by Crippen LogP contribution is 2.19. The second kappa shape index (κ2) is 9.44. The van der Waals surface area contributed by atoms with Crippen LogP contribution in [0.1, 0.15) is 27.0 Å². The van der Waals surface area contributed by atoms with Gasteiger partial charge in [0.25, 0.3) is 15.9 Å². The average Bonchev–Trinajstić information content (AvgIpc) is 2.75. The van der Waals surface area contributed by atoms with Gasteiger partial charge in [-0.2, -0.15) is 0 Å². The van der Waals surface area contributed by atoms with E-state index in [1.54, 1.807) is 18.2 Å². The second-order valence-corrected chi connectivity index (χ2v) is 8.78. The van der Waals surface area contributed by atoms with Crippen LogP contribution >= 0.6 is 0 Å². The summed E-state index contributed by atoms with van der Waals surface area (Å²) in [5.41, 5.74) is 8.02. The molecule has 0 radical (unpaired) electrons. The minimum Gasteiger partial charge on any atom is -0.280 e. The van der Waals surface area contributed by atoms with Crippen molar-refractivity contribution in [2.75, 3.05) is 4.72 Å². The molecule has 8 heteroatoms. The van der Waals surface area contributed by atoms with Crippen molar-refractivity contribution in [2.24, 2.45) is 0 Å². The van der Waals surface area contributed by atoms with E-state index < -0.39 is 15.9 Å². The van der Waals surface area contributed by atoms with Crippen LogP contribution in [0.2, 0.25) is 0 Å². The molecule has 0 unspecified atom stereocenters. The summed E-state index contributed by atoms with van der Waals surface area (Å²) in [5.74, 6) is -0.859. The summed E-state index contributed by atoms with van der Waals surface area (Å²) in [5, 5.41) is 0. The molecule has 0 spiro atoms. The van der Waals surface area contributed by atoms with Crippen LogP contribution < -0.4 is 15.6 Å². The third kappa shape index (κ3) is 5.93. The first-order valence-electron chi connectivity index (χ1n) is 9.58. The molecule has 0 atom stereocenters. The number of benzene rings is 3. The van der Waals surface area contributed by atoms with Crippen LogP contribution in [-0.2, 0) is 21.2 Å². The Labute approximate surface area is 181 Å². The minimum absolute atomic E-state index is 0.139. The lowest BCUT2D eigenvalue weighted by Crippen LogP contribution is -2.42. The maximum Gasteiger partial charge on any atom is 0.269 e. The van der Waals surface area contributed by atoms with Crippen molar-refractivity contribution in [1.29, 1.82) is 0 Å². The minimum atomic E-state index is -3.74. The lowest BCUT2D eigenvalue weighted by molar-refractivity contribution is -0.121. The third-order valence-electron chi connectivity index (χ3n) is 4.71. The number of hydrogen-bond acceptors (Lipinski definition) is 4. The van der Waals surface area contributed by atoms with Gasteiger partial charge in [-0.25, -0.2) is 8.42 Å². The molecule has 0 aromatic heterocycles. The number of sulfonamides is 1. The smallest absolute Gasteiger partial charge is 0.269 e. The van der Waals surface area contributed by atoms with Gasteiger partial charge in [-0.05, 0) is 66.9 Å². The number of carbonyl (C=O) groups is 2. The number of nitrogens with one attached hydrogen (secondary N) is 3. The summed E-state index contributed by atoms with van der Waals surface area (Å²) in [7, 11) is -3.74. The summed E-state index contributed by atoms with van der Waals surface area (Å²) in [6.45, 7) is 3.76. The van der Waals surface area contributed by atoms with Crippen molar-refractivity contribution < 1.29 is 18.0 Å². The molecule has 0 heterocycles. The van der Waals surface area contributed by atoms with Crippen LogP contribution in [0.25, 0.3) is 0 Å². The predicted molar refractivity (Wildman–Crippen MR) is 119 cm³/mol. The van der Waals surface area contributed by atoms with Gasteiger partial charge in [-0.1, -0.05) is 36.4 Å². The molecule has 160 valence electrons. The van der Waals surface area contributed by atoms with Crippen molar-refractivity contribution in [1.82, 2.24) is 10.9 Å². The second-order valence-electron chi connectivity index (χ2n) is 7.09. The Morgan fingerprint density at radius 2 is 1.48 bits per heavy atom. The first-order chi connectivity index (χ1) is 14.7. The van der Waals surface area contributed by atoms with E-state index in [1.807, 2.05) is 44.2 Å². The molecule has 0 aliphatic heterocycles. The first kappa shape index (κ1) is 22.0. The third-order valence-corrected chi connectivity index (χ3v) is 6.09. The predicted octanol–water partition coefficient (Wildman–Crippen LogP) is 3.11. The number of anilines is 1. The fraction of sp³-hybridized carbons (Fsp3) is 0.130. The molecule has 0 saturated heterocycles. The summed E-state index contributed by atoms with van der Waals surface area (Å²) in [6, 6.07) is 20.0. The van der Waals surface area contributed by atoms with E-state index in [0.717, 1.165) is 16.7 Å². The Balaban J connectivity index is 1.58. The van der Waals surface area contributed by atoms with Crippen LogP contribution in [0.3, 0.4) is 0 Å². The number of rotatable bonds is 6. The van der Waals surface area contributed by atoms with Crippen molar-refractivity contribution in [3.63, 3.8) is 0 Å². The molecule has 3 rings (SSSR count). The van der Waals surface area contributed by atoms with Crippen molar-refractivity contribution in [3.8, 4) is 0 Å². The van der Waals surface area contributed by atoms with Gasteiger partial charge in [0.1, 0.15) is 0 Å². The standard InChI is InChI=1S/C23H23N3O4S/c1-16-8-13-21(14-17(16)2)31(29,30)26-20-11-9-19(10-12-20)23(28)25-24-22(27)15-18-6-4-3-5-7-18/h3-14,26H,15H2,1-2H3,(H,24,27)(H,25,28). The van der Waals surface area contributed by atoms with E-state index in [-0.39, 0.29) is 22.8 Å². The highest BCUT2D eigenvalue weighted by Gasteiger charge is 2.15. The number of aryl methyl sites for hydroxylation is 2. The molecule has 31 heavy (non-hydrogen) atoms. The number of amides is 2. The van der Waals surface area contributed by atoms with Crippen LogP contribution in [0, 0.1) is 13.8 Å². The zero-order valence-electron chi connectivity index (χ0n) is 17.2. The van der Waals surface area contributed by atoms with Gasteiger partial charge in [0.15, 0.2) is 0 Å². The summed E-state index contributed by atoms with van der Waals surface area (Å²) < 4.78 is 27.6. The summed E-state index contributed by atoms with van der Waals surface area (Å²) in [4.78, 5) is 24.3. The molecular weight excluding hydrogens is 414 g/mol. The monoisotopic (exact) mass is 437 g/mol. The van der Waals surface area contributed by atoms with E-state index in [2.05, 4.69) is 15.6 Å². The van der Waals surface area contributed by atoms with E-state index >= 15 is 0 Å². The number of hydrogen-bond donors (Lipinski definition) is 3. The zero-order valence-corrected chi connectivity index (χ0v) is 18.0. The fourth-order valence-electron chi connectivity index (χ4n) is 2.81. The Morgan fingerprint density at radius 1 is 0.806 bits per heavy atom. The van der Waals surface area contributed by atoms with Gasteiger partial charge in [0, 0.05) is 11.3 Å². The first-order valence-corrected chi connectivity index (χ1v) is 11.1. The SMILES string of the molecule is Cc1ccc(S(=O)(=O)Nc2ccc(C(=O)NNC(=O)Cc3ccccc3)cc2)cc1C. The molecule has 7 nitrogen and oxygen atoms in total. The van der Waals surface area contributed by atoms with Crippen molar-refractivity contribution >= 4 is 27.5 Å². The largest absolute Gasteiger partial charge is 0.280 e. The van der Waals surface area contributed by atoms with Gasteiger partial charge in [0.05, 0.1) is 11.3 Å². The molecular formula is C23H23N3O4S. The van der Waals surface area contributed by atoms with Crippen LogP contribution in [0.15, 0.2) is 77.7 Å². The molecule has 0 saturated carbocycles. The maximum atomic E-state index is 12.6. The highest BCUT2D eigenvalue weighted by molar-refractivity contribution is 7.92. The normalized spacial score (nSPS) is 10.9. The Bertz CT molecular complexity index is 1190. The van der Waals surface area contributed by atoms with E-state index in [9.17, 15) is 18.0 Å². The van der Waals surface area contributed by atoms with Crippen LogP contribution in [0.5, 0.6) is 0 Å². The number of hydrazine groups is 1. The molecule has 0 fully saturated rings. The quantitative estimate of drug-likeness (QED) is 0.516. The van der Waals surface area contributed by atoms with Gasteiger partial charge < -0.3 is 0 Å². The molecule has 3 N–H and O–H groups in total. The molecule has 0 aliphatic carbocycles. The molecule has 0 bridgehead atoms. The van der Waals surface area contributed by atoms with Crippen molar-refractivity contribution in [3.05, 3.63) is 95.1 Å². The lowest BCUT2D eigenvalue weighted by atomic mass is 10.1. The number of carbonyl (C=O) groups excluding carboxylic acids is 2. The molecule has 0 aliphatic rings. The van der Waals surface area contributed by atoms with Crippen LogP contribution in [-0.4, -0.2) is 20.2 Å². The molecule has 2 amide bonds. The maximum absolute atomic E-state index is 12.6. The molecule has 3 aromatic carbocycles. The van der Waals surface area contributed by atoms with Gasteiger partial charge in [-0.15, -0.1) is 0 Å². The van der Waals surface area contributed by atoms with Gasteiger partial charge in [0.2, 0.25) is 5.91 Å².